The maximum atomic E-state index is 11.4. The lowest BCUT2D eigenvalue weighted by molar-refractivity contribution is 0.190. The van der Waals surface area contributed by atoms with Crippen LogP contribution in [-0.2, 0) is 0 Å². The van der Waals surface area contributed by atoms with Crippen molar-refractivity contribution in [2.45, 2.75) is 13.0 Å². The molecule has 88 valence electrons. The molecule has 0 aromatic heterocycles. The fourth-order valence-corrected chi connectivity index (χ4v) is 1.15. The third-order valence-electron chi connectivity index (χ3n) is 1.91. The predicted octanol–water partition coefficient (Wildman–Crippen LogP) is 1.20. The fourth-order valence-electron chi connectivity index (χ4n) is 1.15. The normalized spacial score (nSPS) is 11.7. The number of hydrogen-bond donors (Lipinski definition) is 3. The van der Waals surface area contributed by atoms with E-state index in [1.807, 2.05) is 6.07 Å². The van der Waals surface area contributed by atoms with Gasteiger partial charge in [0.15, 0.2) is 0 Å². The van der Waals surface area contributed by atoms with E-state index in [0.29, 0.717) is 11.4 Å². The molecule has 16 heavy (non-hydrogen) atoms. The lowest BCUT2D eigenvalue weighted by Crippen LogP contribution is -2.34. The molecule has 0 saturated carbocycles. The molecule has 0 aliphatic heterocycles. The number of rotatable bonds is 4. The van der Waals surface area contributed by atoms with Gasteiger partial charge >= 0.3 is 6.03 Å². The highest BCUT2D eigenvalue weighted by Crippen LogP contribution is 2.22. The second-order valence-corrected chi connectivity index (χ2v) is 3.38. The van der Waals surface area contributed by atoms with Gasteiger partial charge in [0.2, 0.25) is 0 Å². The van der Waals surface area contributed by atoms with E-state index in [2.05, 4.69) is 10.6 Å². The third kappa shape index (κ3) is 3.78. The van der Waals surface area contributed by atoms with Crippen LogP contribution in [0.1, 0.15) is 6.92 Å². The zero-order chi connectivity index (χ0) is 12.0. The molecule has 0 heterocycles. The molecule has 2 amide bonds. The van der Waals surface area contributed by atoms with E-state index in [9.17, 15) is 4.79 Å². The van der Waals surface area contributed by atoms with Crippen molar-refractivity contribution in [3.05, 3.63) is 24.3 Å². The number of aliphatic hydroxyl groups is 1. The summed E-state index contributed by atoms with van der Waals surface area (Å²) in [6, 6.07) is 6.74. The number of urea groups is 1. The van der Waals surface area contributed by atoms with E-state index in [4.69, 9.17) is 9.84 Å². The highest BCUT2D eigenvalue weighted by molar-refractivity contribution is 5.90. The Bertz CT molecular complexity index is 353. The number of amides is 2. The van der Waals surface area contributed by atoms with Crippen LogP contribution >= 0.6 is 0 Å². The Morgan fingerprint density at radius 1 is 1.50 bits per heavy atom. The first-order valence-corrected chi connectivity index (χ1v) is 4.99. The van der Waals surface area contributed by atoms with Crippen LogP contribution in [0.25, 0.3) is 0 Å². The van der Waals surface area contributed by atoms with Crippen LogP contribution in [0, 0.1) is 0 Å². The number of carbonyl (C=O) groups is 1. The van der Waals surface area contributed by atoms with Crippen molar-refractivity contribution in [2.75, 3.05) is 19.0 Å². The number of anilines is 1. The molecule has 0 saturated heterocycles. The highest BCUT2D eigenvalue weighted by Gasteiger charge is 2.06. The summed E-state index contributed by atoms with van der Waals surface area (Å²) in [5, 5.41) is 14.2. The number of benzene rings is 1. The molecule has 1 atom stereocenters. The number of carbonyl (C=O) groups excluding carboxylic acids is 1. The van der Waals surface area contributed by atoms with Crippen LogP contribution in [0.2, 0.25) is 0 Å². The quantitative estimate of drug-likeness (QED) is 0.719. The Balaban J connectivity index is 2.55. The highest BCUT2D eigenvalue weighted by atomic mass is 16.5. The summed E-state index contributed by atoms with van der Waals surface area (Å²) in [7, 11) is 1.54. The number of hydrogen-bond acceptors (Lipinski definition) is 3. The first-order chi connectivity index (χ1) is 7.63. The number of ether oxygens (including phenoxy) is 1. The van der Waals surface area contributed by atoms with Crippen LogP contribution in [0.3, 0.4) is 0 Å². The molecule has 0 bridgehead atoms. The average molecular weight is 224 g/mol. The summed E-state index contributed by atoms with van der Waals surface area (Å²) in [6.07, 6.45) is -0.566. The van der Waals surface area contributed by atoms with Crippen LogP contribution in [0.15, 0.2) is 24.3 Å². The van der Waals surface area contributed by atoms with Gasteiger partial charge in [-0.05, 0) is 19.1 Å². The lowest BCUT2D eigenvalue weighted by Gasteiger charge is -2.11. The van der Waals surface area contributed by atoms with Gasteiger partial charge < -0.3 is 20.5 Å². The molecular weight excluding hydrogens is 208 g/mol. The first kappa shape index (κ1) is 12.3. The number of para-hydroxylation sites is 2. The monoisotopic (exact) mass is 224 g/mol. The van der Waals surface area contributed by atoms with E-state index in [1.165, 1.54) is 7.11 Å². The minimum Gasteiger partial charge on any atom is -0.495 e. The molecule has 0 aliphatic rings. The van der Waals surface area contributed by atoms with Gasteiger partial charge in [0.25, 0.3) is 0 Å². The molecule has 1 rings (SSSR count). The molecule has 0 spiro atoms. The molecular formula is C11H16N2O3. The summed E-state index contributed by atoms with van der Waals surface area (Å²) in [6.45, 7) is 1.81. The van der Waals surface area contributed by atoms with Crippen LogP contribution in [0.4, 0.5) is 10.5 Å². The van der Waals surface area contributed by atoms with Crippen LogP contribution in [-0.4, -0.2) is 30.9 Å². The molecule has 5 heteroatoms. The number of aliphatic hydroxyl groups excluding tert-OH is 1. The van der Waals surface area contributed by atoms with Crippen LogP contribution in [0.5, 0.6) is 5.75 Å². The summed E-state index contributed by atoms with van der Waals surface area (Å²) in [5.74, 6) is 0.592. The summed E-state index contributed by atoms with van der Waals surface area (Å²) >= 11 is 0. The Morgan fingerprint density at radius 3 is 2.81 bits per heavy atom. The van der Waals surface area contributed by atoms with Gasteiger partial charge in [0.1, 0.15) is 5.75 Å². The van der Waals surface area contributed by atoms with E-state index in [-0.39, 0.29) is 12.6 Å². The Morgan fingerprint density at radius 2 is 2.19 bits per heavy atom. The molecule has 1 aromatic carbocycles. The molecule has 0 radical (unpaired) electrons. The molecule has 5 nitrogen and oxygen atoms in total. The van der Waals surface area contributed by atoms with Crippen molar-refractivity contribution in [1.82, 2.24) is 5.32 Å². The Hall–Kier alpha value is -1.75. The van der Waals surface area contributed by atoms with E-state index < -0.39 is 6.10 Å². The summed E-state index contributed by atoms with van der Waals surface area (Å²) in [4.78, 5) is 11.4. The van der Waals surface area contributed by atoms with Crippen LogP contribution < -0.4 is 15.4 Å². The SMILES string of the molecule is COc1ccccc1NC(=O)NCC(C)O. The van der Waals surface area contributed by atoms with Gasteiger partial charge in [-0.1, -0.05) is 12.1 Å². The number of methoxy groups -OCH3 is 1. The van der Waals surface area contributed by atoms with Gasteiger partial charge in [-0.2, -0.15) is 0 Å². The van der Waals surface area contributed by atoms with Gasteiger partial charge in [-0.25, -0.2) is 4.79 Å². The molecule has 0 aliphatic carbocycles. The second-order valence-electron chi connectivity index (χ2n) is 3.38. The third-order valence-corrected chi connectivity index (χ3v) is 1.91. The minimum absolute atomic E-state index is 0.209. The van der Waals surface area contributed by atoms with Crippen molar-refractivity contribution in [3.8, 4) is 5.75 Å². The molecule has 1 unspecified atom stereocenters. The standard InChI is InChI=1S/C11H16N2O3/c1-8(14)7-12-11(15)13-9-5-3-4-6-10(9)16-2/h3-6,8,14H,7H2,1-2H3,(H2,12,13,15). The topological polar surface area (TPSA) is 70.6 Å². The lowest BCUT2D eigenvalue weighted by atomic mass is 10.3. The van der Waals surface area contributed by atoms with E-state index in [0.717, 1.165) is 0 Å². The minimum atomic E-state index is -0.566. The molecule has 1 aromatic rings. The fraction of sp³-hybridized carbons (Fsp3) is 0.364. The smallest absolute Gasteiger partial charge is 0.319 e. The zero-order valence-corrected chi connectivity index (χ0v) is 9.36. The van der Waals surface area contributed by atoms with Gasteiger partial charge in [-0.15, -0.1) is 0 Å². The first-order valence-electron chi connectivity index (χ1n) is 4.99. The number of nitrogens with one attached hydrogen (secondary N) is 2. The van der Waals surface area contributed by atoms with Crippen molar-refractivity contribution in [2.24, 2.45) is 0 Å². The van der Waals surface area contributed by atoms with E-state index in [1.54, 1.807) is 25.1 Å². The van der Waals surface area contributed by atoms with Gasteiger partial charge in [-0.3, -0.25) is 0 Å². The maximum Gasteiger partial charge on any atom is 0.319 e. The van der Waals surface area contributed by atoms with E-state index >= 15 is 0 Å². The molecule has 0 fully saturated rings. The van der Waals surface area contributed by atoms with Crippen molar-refractivity contribution in [3.63, 3.8) is 0 Å². The summed E-state index contributed by atoms with van der Waals surface area (Å²) < 4.78 is 5.08. The zero-order valence-electron chi connectivity index (χ0n) is 9.36. The Kier molecular flexibility index (Phi) is 4.60. The maximum absolute atomic E-state index is 11.4. The summed E-state index contributed by atoms with van der Waals surface area (Å²) in [5.41, 5.74) is 0.591. The van der Waals surface area contributed by atoms with Crippen molar-refractivity contribution < 1.29 is 14.6 Å². The van der Waals surface area contributed by atoms with Crippen molar-refractivity contribution in [1.29, 1.82) is 0 Å². The average Bonchev–Trinajstić information content (AvgIpc) is 2.27. The van der Waals surface area contributed by atoms with Gasteiger partial charge in [0.05, 0.1) is 18.9 Å². The second kappa shape index (κ2) is 5.97. The largest absolute Gasteiger partial charge is 0.495 e. The van der Waals surface area contributed by atoms with Gasteiger partial charge in [0, 0.05) is 6.54 Å². The Labute approximate surface area is 94.4 Å². The molecule has 3 N–H and O–H groups in total. The van der Waals surface area contributed by atoms with Crippen molar-refractivity contribution >= 4 is 11.7 Å². The predicted molar refractivity (Wildman–Crippen MR) is 61.7 cm³/mol.